The first kappa shape index (κ1) is 15.6. The molecule has 2 aromatic carbocycles. The highest BCUT2D eigenvalue weighted by molar-refractivity contribution is 5.93. The van der Waals surface area contributed by atoms with Crippen LogP contribution < -0.4 is 4.74 Å². The molecule has 0 saturated heterocycles. The van der Waals surface area contributed by atoms with E-state index in [0.717, 1.165) is 22.1 Å². The van der Waals surface area contributed by atoms with Crippen LogP contribution in [0.4, 0.5) is 0 Å². The first-order valence-corrected chi connectivity index (χ1v) is 6.75. The van der Waals surface area contributed by atoms with Gasteiger partial charge in [0.25, 0.3) is 0 Å². The Morgan fingerprint density at radius 1 is 1.00 bits per heavy atom. The summed E-state index contributed by atoms with van der Waals surface area (Å²) >= 11 is 0. The molecule has 2 aromatic rings. The van der Waals surface area contributed by atoms with Gasteiger partial charge in [0.05, 0.1) is 33.2 Å². The lowest BCUT2D eigenvalue weighted by molar-refractivity contribution is -0.135. The molecule has 0 radical (unpaired) electrons. The van der Waals surface area contributed by atoms with Crippen LogP contribution in [0, 0.1) is 0 Å². The largest absolute Gasteiger partial charge is 0.503 e. The average Bonchev–Trinajstić information content (AvgIpc) is 2.57. The molecular formula is C18H18O4. The van der Waals surface area contributed by atoms with E-state index in [2.05, 4.69) is 0 Å². The standard InChI is InChI=1S/C18H18O4/c1-20-12-16(18(19)22-3)7-5-13-4-6-15-11-17(21-2)9-8-14(15)10-13/h4-12H,1-3H3/b7-5-,16-12+. The van der Waals surface area contributed by atoms with E-state index in [1.54, 1.807) is 13.2 Å². The predicted molar refractivity (Wildman–Crippen MR) is 86.6 cm³/mol. The van der Waals surface area contributed by atoms with Crippen molar-refractivity contribution in [1.29, 1.82) is 0 Å². The van der Waals surface area contributed by atoms with Crippen molar-refractivity contribution in [2.75, 3.05) is 21.3 Å². The molecule has 4 heteroatoms. The Morgan fingerprint density at radius 2 is 1.73 bits per heavy atom. The lowest BCUT2D eigenvalue weighted by Crippen LogP contribution is -2.02. The van der Waals surface area contributed by atoms with Gasteiger partial charge in [0.2, 0.25) is 0 Å². The zero-order chi connectivity index (χ0) is 15.9. The molecule has 0 aliphatic rings. The zero-order valence-corrected chi connectivity index (χ0v) is 12.8. The maximum Gasteiger partial charge on any atom is 0.340 e. The molecule has 0 unspecified atom stereocenters. The molecule has 0 saturated carbocycles. The predicted octanol–water partition coefficient (Wildman–Crippen LogP) is 3.56. The fourth-order valence-electron chi connectivity index (χ4n) is 2.06. The van der Waals surface area contributed by atoms with Gasteiger partial charge >= 0.3 is 5.97 Å². The molecule has 0 amide bonds. The van der Waals surface area contributed by atoms with Gasteiger partial charge in [-0.25, -0.2) is 4.79 Å². The number of carbonyl (C=O) groups is 1. The summed E-state index contributed by atoms with van der Waals surface area (Å²) in [6.07, 6.45) is 4.86. The van der Waals surface area contributed by atoms with Crippen molar-refractivity contribution < 1.29 is 19.0 Å². The summed E-state index contributed by atoms with van der Waals surface area (Å²) in [6, 6.07) is 11.9. The Labute approximate surface area is 129 Å². The van der Waals surface area contributed by atoms with Crippen LogP contribution in [0.15, 0.2) is 54.3 Å². The zero-order valence-electron chi connectivity index (χ0n) is 12.8. The number of methoxy groups -OCH3 is 3. The topological polar surface area (TPSA) is 44.8 Å². The molecule has 0 heterocycles. The SMILES string of the molecule is CO/C=C(\C=C/c1ccc2cc(OC)ccc2c1)C(=O)OC. The Kier molecular flexibility index (Phi) is 5.20. The summed E-state index contributed by atoms with van der Waals surface area (Å²) < 4.78 is 14.8. The summed E-state index contributed by atoms with van der Waals surface area (Å²) in [7, 11) is 4.47. The van der Waals surface area contributed by atoms with Gasteiger partial charge in [-0.1, -0.05) is 24.3 Å². The quantitative estimate of drug-likeness (QED) is 0.366. The minimum Gasteiger partial charge on any atom is -0.503 e. The number of hydrogen-bond donors (Lipinski definition) is 0. The monoisotopic (exact) mass is 298 g/mol. The number of ether oxygens (including phenoxy) is 3. The van der Waals surface area contributed by atoms with Gasteiger partial charge in [-0.3, -0.25) is 0 Å². The highest BCUT2D eigenvalue weighted by Gasteiger charge is 2.06. The fourth-order valence-corrected chi connectivity index (χ4v) is 2.06. The second-order valence-electron chi connectivity index (χ2n) is 4.61. The molecule has 0 aliphatic heterocycles. The average molecular weight is 298 g/mol. The van der Waals surface area contributed by atoms with Gasteiger partial charge in [-0.15, -0.1) is 0 Å². The minimum absolute atomic E-state index is 0.347. The molecule has 0 atom stereocenters. The second kappa shape index (κ2) is 7.31. The molecule has 2 rings (SSSR count). The minimum atomic E-state index is -0.441. The van der Waals surface area contributed by atoms with Gasteiger partial charge in [0, 0.05) is 0 Å². The van der Waals surface area contributed by atoms with Crippen LogP contribution in [0.3, 0.4) is 0 Å². The molecule has 0 spiro atoms. The molecule has 0 bridgehead atoms. The van der Waals surface area contributed by atoms with E-state index in [0.29, 0.717) is 5.57 Å². The maximum absolute atomic E-state index is 11.6. The van der Waals surface area contributed by atoms with Crippen molar-refractivity contribution in [3.8, 4) is 5.75 Å². The van der Waals surface area contributed by atoms with Crippen molar-refractivity contribution in [1.82, 2.24) is 0 Å². The number of hydrogen-bond acceptors (Lipinski definition) is 4. The number of benzene rings is 2. The molecule has 0 aromatic heterocycles. The number of fused-ring (bicyclic) bond motifs is 1. The van der Waals surface area contributed by atoms with Crippen LogP contribution in [0.2, 0.25) is 0 Å². The molecule has 22 heavy (non-hydrogen) atoms. The fraction of sp³-hybridized carbons (Fsp3) is 0.167. The summed E-state index contributed by atoms with van der Waals surface area (Å²) in [5.74, 6) is 0.385. The lowest BCUT2D eigenvalue weighted by atomic mass is 10.1. The Hall–Kier alpha value is -2.75. The third-order valence-corrected chi connectivity index (χ3v) is 3.19. The number of esters is 1. The third kappa shape index (κ3) is 3.67. The second-order valence-corrected chi connectivity index (χ2v) is 4.61. The van der Waals surface area contributed by atoms with Crippen LogP contribution >= 0.6 is 0 Å². The third-order valence-electron chi connectivity index (χ3n) is 3.19. The van der Waals surface area contributed by atoms with Gasteiger partial charge in [0.15, 0.2) is 0 Å². The van der Waals surface area contributed by atoms with Crippen molar-refractivity contribution in [3.63, 3.8) is 0 Å². The number of carbonyl (C=O) groups excluding carboxylic acids is 1. The van der Waals surface area contributed by atoms with E-state index in [-0.39, 0.29) is 0 Å². The lowest BCUT2D eigenvalue weighted by Gasteiger charge is -2.04. The maximum atomic E-state index is 11.6. The van der Waals surface area contributed by atoms with Crippen molar-refractivity contribution in [2.24, 2.45) is 0 Å². The van der Waals surface area contributed by atoms with Crippen LogP contribution in [-0.4, -0.2) is 27.3 Å². The van der Waals surface area contributed by atoms with E-state index in [1.807, 2.05) is 42.5 Å². The summed E-state index contributed by atoms with van der Waals surface area (Å²) in [5.41, 5.74) is 1.32. The summed E-state index contributed by atoms with van der Waals surface area (Å²) in [4.78, 5) is 11.6. The molecule has 4 nitrogen and oxygen atoms in total. The van der Waals surface area contributed by atoms with Crippen LogP contribution in [0.5, 0.6) is 5.75 Å². The Balaban J connectivity index is 2.29. The van der Waals surface area contributed by atoms with Crippen molar-refractivity contribution in [2.45, 2.75) is 0 Å². The van der Waals surface area contributed by atoms with Gasteiger partial charge < -0.3 is 14.2 Å². The van der Waals surface area contributed by atoms with E-state index in [9.17, 15) is 4.79 Å². The Bertz CT molecular complexity index is 729. The van der Waals surface area contributed by atoms with Gasteiger partial charge in [0.1, 0.15) is 5.75 Å². The van der Waals surface area contributed by atoms with E-state index >= 15 is 0 Å². The first-order chi connectivity index (χ1) is 10.7. The molecule has 0 N–H and O–H groups in total. The smallest absolute Gasteiger partial charge is 0.340 e. The van der Waals surface area contributed by atoms with E-state index in [4.69, 9.17) is 14.2 Å². The van der Waals surface area contributed by atoms with Gasteiger partial charge in [-0.05, 0) is 40.6 Å². The van der Waals surface area contributed by atoms with Crippen LogP contribution in [0.25, 0.3) is 16.8 Å². The van der Waals surface area contributed by atoms with Crippen molar-refractivity contribution in [3.05, 3.63) is 59.9 Å². The summed E-state index contributed by atoms with van der Waals surface area (Å²) in [6.45, 7) is 0. The van der Waals surface area contributed by atoms with E-state index in [1.165, 1.54) is 20.5 Å². The molecule has 0 aliphatic carbocycles. The van der Waals surface area contributed by atoms with Crippen LogP contribution in [0.1, 0.15) is 5.56 Å². The van der Waals surface area contributed by atoms with Crippen molar-refractivity contribution >= 4 is 22.8 Å². The van der Waals surface area contributed by atoms with Crippen LogP contribution in [-0.2, 0) is 14.3 Å². The normalized spacial score (nSPS) is 11.7. The molecule has 114 valence electrons. The highest BCUT2D eigenvalue weighted by Crippen LogP contribution is 2.22. The molecule has 0 fully saturated rings. The highest BCUT2D eigenvalue weighted by atomic mass is 16.5. The number of rotatable bonds is 5. The molecular weight excluding hydrogens is 280 g/mol. The Morgan fingerprint density at radius 3 is 2.41 bits per heavy atom. The van der Waals surface area contributed by atoms with Gasteiger partial charge in [-0.2, -0.15) is 0 Å². The van der Waals surface area contributed by atoms with E-state index < -0.39 is 5.97 Å². The first-order valence-electron chi connectivity index (χ1n) is 6.75. The summed E-state index contributed by atoms with van der Waals surface area (Å²) in [5, 5.41) is 2.19.